The van der Waals surface area contributed by atoms with Gasteiger partial charge in [-0.2, -0.15) is 0 Å². The Morgan fingerprint density at radius 3 is 1.59 bits per heavy atom. The normalized spacial score (nSPS) is 13.1. The lowest BCUT2D eigenvalue weighted by Gasteiger charge is -2.19. The number of pyridine rings is 1. The Hall–Kier alpha value is -6.09. The van der Waals surface area contributed by atoms with Gasteiger partial charge < -0.3 is 20.4 Å². The second-order valence-corrected chi connectivity index (χ2v) is 18.3. The van der Waals surface area contributed by atoms with Gasteiger partial charge in [-0.1, -0.05) is 113 Å². The number of phenolic OH excluding ortho intramolecular Hbond substituents is 1. The summed E-state index contributed by atoms with van der Waals surface area (Å²) in [6.45, 7) is 19.9. The maximum absolute atomic E-state index is 14.2. The van der Waals surface area contributed by atoms with Crippen molar-refractivity contribution in [1.29, 1.82) is 0 Å². The van der Waals surface area contributed by atoms with Crippen molar-refractivity contribution in [3.8, 4) is 5.75 Å². The van der Waals surface area contributed by atoms with E-state index in [9.17, 15) is 9.90 Å². The minimum Gasteiger partial charge on any atom is -0.507 e. The number of aliphatic imine (C=N–C) groups is 1. The fraction of sp³-hybridized carbons (Fsp3) is 0.400. The van der Waals surface area contributed by atoms with Gasteiger partial charge in [-0.3, -0.25) is 14.8 Å². The summed E-state index contributed by atoms with van der Waals surface area (Å²) in [7, 11) is 0. The number of allylic oxidation sites excluding steroid dienone is 2. The zero-order valence-corrected chi connectivity index (χ0v) is 39.6. The van der Waals surface area contributed by atoms with Crippen LogP contribution < -0.4 is 5.32 Å². The van der Waals surface area contributed by atoms with Crippen LogP contribution in [0.5, 0.6) is 5.75 Å². The molecule has 2 aliphatic heterocycles. The van der Waals surface area contributed by atoms with E-state index in [-0.39, 0.29) is 22.8 Å². The van der Waals surface area contributed by atoms with Crippen molar-refractivity contribution in [3.63, 3.8) is 0 Å². The molecule has 0 spiro atoms. The third-order valence-corrected chi connectivity index (χ3v) is 12.3. The van der Waals surface area contributed by atoms with Crippen LogP contribution in [0.3, 0.4) is 0 Å². The number of aryl methyl sites for hydroxylation is 4. The first-order valence-corrected chi connectivity index (χ1v) is 23.8. The number of nitrogens with zero attached hydrogens (tertiary/aromatic N) is 4. The molecule has 6 heterocycles. The van der Waals surface area contributed by atoms with Crippen molar-refractivity contribution in [1.82, 2.24) is 30.2 Å². The number of fused-ring (bicyclic) bond motifs is 8. The van der Waals surface area contributed by atoms with Crippen LogP contribution in [0, 0.1) is 0 Å². The largest absolute Gasteiger partial charge is 0.507 e. The number of aromatic hydroxyl groups is 1. The maximum Gasteiger partial charge on any atom is 0.274 e. The number of carbonyl (C=O) groups is 1. The second-order valence-electron chi connectivity index (χ2n) is 18.3. The second kappa shape index (κ2) is 20.2. The van der Waals surface area contributed by atoms with E-state index in [1.54, 1.807) is 30.6 Å². The molecule has 9 nitrogen and oxygen atoms in total. The number of amides is 1. The van der Waals surface area contributed by atoms with Gasteiger partial charge >= 0.3 is 0 Å². The molecule has 0 saturated carbocycles. The van der Waals surface area contributed by atoms with Gasteiger partial charge in [0.05, 0.1) is 28.5 Å². The predicted octanol–water partition coefficient (Wildman–Crippen LogP) is 13.4. The molecule has 0 unspecified atom stereocenters. The van der Waals surface area contributed by atoms with E-state index < -0.39 is 0 Å². The monoisotopic (exact) mass is 858 g/mol. The Balaban J connectivity index is 1.65. The summed E-state index contributed by atoms with van der Waals surface area (Å²) in [5, 5.41) is 14.4. The molecule has 8 bridgehead atoms. The highest BCUT2D eigenvalue weighted by atomic mass is 16.3. The number of aromatic amines is 2. The Bertz CT molecular complexity index is 2780. The van der Waals surface area contributed by atoms with Gasteiger partial charge in [0, 0.05) is 40.0 Å². The van der Waals surface area contributed by atoms with Crippen molar-refractivity contribution in [2.45, 2.75) is 145 Å². The standard InChI is InChI=1S/C55H67N7O2/c1-10-18-36-37(19-11-2)44-30-46-39(21-13-4)41(23-15-6)48(60-46)32-50-53(62-54(64)42-24-16-17-27-56-42)52(57-33-34-28-35(55(7,8)9)25-26-51(34)63)49(61-50)31-47-40(22-14-5)38(20-12-3)45(59-47)29-43(36)58-44/h16-17,24-33,59-60,63H,10-15,18-23H2,1-9H3,(H,62,64). The molecule has 0 saturated heterocycles. The number of hydrogen-bond acceptors (Lipinski definition) is 6. The summed E-state index contributed by atoms with van der Waals surface area (Å²) in [6.07, 6.45) is 14.8. The van der Waals surface area contributed by atoms with Gasteiger partial charge in [-0.25, -0.2) is 9.97 Å². The molecule has 1 amide bonds. The van der Waals surface area contributed by atoms with Crippen LogP contribution >= 0.6 is 0 Å². The van der Waals surface area contributed by atoms with Crippen molar-refractivity contribution >= 4 is 56.7 Å². The Labute approximate surface area is 379 Å². The Morgan fingerprint density at radius 1 is 0.641 bits per heavy atom. The number of rotatable bonds is 16. The average molecular weight is 858 g/mol. The van der Waals surface area contributed by atoms with Gasteiger partial charge in [0.2, 0.25) is 0 Å². The van der Waals surface area contributed by atoms with Crippen LogP contribution in [-0.4, -0.2) is 42.1 Å². The van der Waals surface area contributed by atoms with Crippen LogP contribution in [0.1, 0.15) is 180 Å². The Morgan fingerprint density at radius 2 is 1.12 bits per heavy atom. The van der Waals surface area contributed by atoms with E-state index >= 15 is 0 Å². The number of aromatic nitrogens is 5. The van der Waals surface area contributed by atoms with Crippen LogP contribution in [0.15, 0.2) is 71.9 Å². The van der Waals surface area contributed by atoms with Crippen molar-refractivity contribution in [2.75, 3.05) is 0 Å². The molecule has 4 N–H and O–H groups in total. The summed E-state index contributed by atoms with van der Waals surface area (Å²) in [4.78, 5) is 42.4. The molecule has 334 valence electrons. The lowest BCUT2D eigenvalue weighted by molar-refractivity contribution is 0.0969. The zero-order valence-electron chi connectivity index (χ0n) is 39.6. The summed E-state index contributed by atoms with van der Waals surface area (Å²) in [5.41, 5.74) is 17.8. The molecule has 2 aliphatic rings. The molecule has 0 fully saturated rings. The fourth-order valence-electron chi connectivity index (χ4n) is 9.17. The van der Waals surface area contributed by atoms with Gasteiger partial charge in [0.1, 0.15) is 17.1 Å². The molecule has 4 aromatic heterocycles. The third kappa shape index (κ3) is 9.69. The van der Waals surface area contributed by atoms with E-state index in [2.05, 4.69) is 107 Å². The third-order valence-electron chi connectivity index (χ3n) is 12.3. The lowest BCUT2D eigenvalue weighted by atomic mass is 9.86. The van der Waals surface area contributed by atoms with Crippen LogP contribution in [0.25, 0.3) is 44.6 Å². The first-order chi connectivity index (χ1) is 30.9. The fourth-order valence-corrected chi connectivity index (χ4v) is 9.17. The molecular formula is C55H67N7O2. The molecule has 9 heteroatoms. The van der Waals surface area contributed by atoms with Crippen molar-refractivity contribution < 1.29 is 9.90 Å². The lowest BCUT2D eigenvalue weighted by Crippen LogP contribution is -2.23. The number of phenols is 1. The molecule has 5 aromatic rings. The maximum atomic E-state index is 14.2. The summed E-state index contributed by atoms with van der Waals surface area (Å²) in [5.74, 6) is -0.249. The van der Waals surface area contributed by atoms with E-state index in [1.807, 2.05) is 18.2 Å². The van der Waals surface area contributed by atoms with Crippen molar-refractivity contribution in [2.24, 2.45) is 4.99 Å². The van der Waals surface area contributed by atoms with E-state index in [4.69, 9.17) is 15.0 Å². The average Bonchev–Trinajstić information content (AvgIpc) is 3.96. The number of H-pyrrole nitrogens is 2. The van der Waals surface area contributed by atoms with Crippen molar-refractivity contribution in [3.05, 3.63) is 129 Å². The van der Waals surface area contributed by atoms with E-state index in [1.165, 1.54) is 33.4 Å². The van der Waals surface area contributed by atoms with Crippen LogP contribution in [0.2, 0.25) is 0 Å². The summed E-state index contributed by atoms with van der Waals surface area (Å²) in [6, 6.07) is 19.7. The molecule has 64 heavy (non-hydrogen) atoms. The van der Waals surface area contributed by atoms with Crippen LogP contribution in [-0.2, 0) is 31.1 Å². The van der Waals surface area contributed by atoms with Gasteiger partial charge in [-0.15, -0.1) is 0 Å². The quantitative estimate of drug-likeness (QED) is 0.0734. The summed E-state index contributed by atoms with van der Waals surface area (Å²) < 4.78 is 0. The number of carbonyl (C=O) groups excluding carboxylic acids is 1. The molecule has 1 aromatic carbocycles. The SMILES string of the molecule is CCCC1=C(CCC)c2cc3[nH]c(cc4nc(cc5[nH]c(cc1n2)c(CCC)c5CCC)C(N=Cc1cc(C(C)(C)C)ccc1O)=C4NC(=O)c1ccccn1)c(CCC)c3CCC. The molecule has 7 rings (SSSR count). The summed E-state index contributed by atoms with van der Waals surface area (Å²) >= 11 is 0. The van der Waals surface area contributed by atoms with E-state index in [0.717, 1.165) is 116 Å². The molecule has 0 atom stereocenters. The minimum atomic E-state index is -0.368. The topological polar surface area (TPSA) is 132 Å². The number of hydrogen-bond donors (Lipinski definition) is 4. The van der Waals surface area contributed by atoms with Gasteiger partial charge in [0.15, 0.2) is 0 Å². The smallest absolute Gasteiger partial charge is 0.274 e. The first-order valence-electron chi connectivity index (χ1n) is 23.8. The molecular weight excluding hydrogens is 791 g/mol. The highest BCUT2D eigenvalue weighted by molar-refractivity contribution is 6.06. The Kier molecular flexibility index (Phi) is 14.5. The first kappa shape index (κ1) is 45.9. The van der Waals surface area contributed by atoms with Gasteiger partial charge in [-0.05, 0) is 131 Å². The van der Waals surface area contributed by atoms with E-state index in [0.29, 0.717) is 28.3 Å². The molecule has 0 aliphatic carbocycles. The molecule has 0 radical (unpaired) electrons. The van der Waals surface area contributed by atoms with Gasteiger partial charge in [0.25, 0.3) is 5.91 Å². The predicted molar refractivity (Wildman–Crippen MR) is 267 cm³/mol. The number of nitrogens with one attached hydrogen (secondary N) is 3. The highest BCUT2D eigenvalue weighted by Gasteiger charge is 2.26. The van der Waals surface area contributed by atoms with Crippen LogP contribution in [0.4, 0.5) is 0 Å². The highest BCUT2D eigenvalue weighted by Crippen LogP contribution is 2.39. The zero-order chi connectivity index (χ0) is 45.5. The number of benzene rings is 1. The minimum absolute atomic E-state index is 0.119.